The van der Waals surface area contributed by atoms with Gasteiger partial charge in [-0.1, -0.05) is 29.3 Å². The molecule has 11 heteroatoms. The Bertz CT molecular complexity index is 1510. The number of methoxy groups -OCH3 is 1. The van der Waals surface area contributed by atoms with Crippen LogP contribution in [0.4, 0.5) is 11.6 Å². The summed E-state index contributed by atoms with van der Waals surface area (Å²) in [5, 5.41) is 3.83. The number of nitrogens with one attached hydrogen (secondary N) is 2. The summed E-state index contributed by atoms with van der Waals surface area (Å²) in [6, 6.07) is 14.9. The standard InChI is InChI=1S/C23H19Cl2N5O4/c1-34-18-7-5-17(6-8-18)27-21-28-22(32)30(12-14-3-2-10-26-20(14)31)23(33)29(21)13-15-11-16(24)4-9-19(15)25/h2-11H,12-13H2,1H3,(H,26,31)(H,27,28,32). The number of H-pyrrole nitrogens is 1. The summed E-state index contributed by atoms with van der Waals surface area (Å²) in [5.41, 5.74) is -0.507. The van der Waals surface area contributed by atoms with Crippen molar-refractivity contribution in [1.29, 1.82) is 0 Å². The third-order valence-electron chi connectivity index (χ3n) is 5.06. The minimum atomic E-state index is -0.808. The van der Waals surface area contributed by atoms with E-state index in [0.29, 0.717) is 27.0 Å². The lowest BCUT2D eigenvalue weighted by Gasteiger charge is -2.16. The lowest BCUT2D eigenvalue weighted by Crippen LogP contribution is -2.43. The van der Waals surface area contributed by atoms with Crippen molar-refractivity contribution in [3.8, 4) is 5.75 Å². The second kappa shape index (κ2) is 9.98. The molecule has 0 saturated carbocycles. The van der Waals surface area contributed by atoms with Crippen LogP contribution in [-0.2, 0) is 13.1 Å². The molecular weight excluding hydrogens is 481 g/mol. The largest absolute Gasteiger partial charge is 0.497 e. The quantitative estimate of drug-likeness (QED) is 0.403. The third-order valence-corrected chi connectivity index (χ3v) is 5.66. The summed E-state index contributed by atoms with van der Waals surface area (Å²) < 4.78 is 7.31. The Morgan fingerprint density at radius 2 is 1.71 bits per heavy atom. The predicted molar refractivity (Wildman–Crippen MR) is 131 cm³/mol. The Morgan fingerprint density at radius 3 is 2.41 bits per heavy atom. The lowest BCUT2D eigenvalue weighted by molar-refractivity contribution is 0.415. The monoisotopic (exact) mass is 499 g/mol. The first-order valence-electron chi connectivity index (χ1n) is 10.1. The topological polar surface area (TPSA) is 111 Å². The Labute approximate surface area is 203 Å². The van der Waals surface area contributed by atoms with Gasteiger partial charge in [-0.05, 0) is 54.1 Å². The van der Waals surface area contributed by atoms with Crippen LogP contribution in [0.25, 0.3) is 0 Å². The molecule has 9 nitrogen and oxygen atoms in total. The van der Waals surface area contributed by atoms with Crippen molar-refractivity contribution in [2.24, 2.45) is 0 Å². The molecule has 2 N–H and O–H groups in total. The number of nitrogens with zero attached hydrogens (tertiary/aromatic N) is 3. The molecule has 0 aliphatic rings. The highest BCUT2D eigenvalue weighted by Gasteiger charge is 2.16. The molecule has 0 bridgehead atoms. The molecule has 0 unspecified atom stereocenters. The zero-order valence-electron chi connectivity index (χ0n) is 17.9. The van der Waals surface area contributed by atoms with Crippen molar-refractivity contribution >= 4 is 34.8 Å². The van der Waals surface area contributed by atoms with Crippen LogP contribution in [0, 0.1) is 0 Å². The summed E-state index contributed by atoms with van der Waals surface area (Å²) in [7, 11) is 1.55. The SMILES string of the molecule is COc1ccc(Nc2nc(=O)n(Cc3ccc[nH]c3=O)c(=O)n2Cc2cc(Cl)ccc2Cl)cc1. The second-order valence-corrected chi connectivity index (χ2v) is 8.13. The normalized spacial score (nSPS) is 10.8. The number of halogens is 2. The number of benzene rings is 2. The van der Waals surface area contributed by atoms with E-state index in [4.69, 9.17) is 27.9 Å². The number of anilines is 2. The van der Waals surface area contributed by atoms with E-state index in [0.717, 1.165) is 4.57 Å². The molecular formula is C23H19Cl2N5O4. The Hall–Kier alpha value is -3.82. The number of aromatic nitrogens is 4. The Morgan fingerprint density at radius 1 is 0.971 bits per heavy atom. The summed E-state index contributed by atoms with van der Waals surface area (Å²) in [6.45, 7) is -0.262. The number of hydrogen-bond acceptors (Lipinski definition) is 6. The molecule has 0 amide bonds. The molecule has 0 saturated heterocycles. The zero-order valence-corrected chi connectivity index (χ0v) is 19.4. The predicted octanol–water partition coefficient (Wildman–Crippen LogP) is 3.25. The van der Waals surface area contributed by atoms with Gasteiger partial charge in [0, 0.05) is 27.5 Å². The molecule has 0 radical (unpaired) electrons. The number of rotatable bonds is 7. The molecule has 2 aromatic heterocycles. The highest BCUT2D eigenvalue weighted by atomic mass is 35.5. The Balaban J connectivity index is 1.83. The van der Waals surface area contributed by atoms with Gasteiger partial charge in [0.15, 0.2) is 0 Å². The maximum absolute atomic E-state index is 13.5. The van der Waals surface area contributed by atoms with Gasteiger partial charge in [-0.3, -0.25) is 9.36 Å². The van der Waals surface area contributed by atoms with Gasteiger partial charge in [0.2, 0.25) is 5.95 Å². The minimum absolute atomic E-state index is 0.00873. The van der Waals surface area contributed by atoms with Gasteiger partial charge in [0.1, 0.15) is 5.75 Å². The smallest absolute Gasteiger partial charge is 0.355 e. The van der Waals surface area contributed by atoms with E-state index >= 15 is 0 Å². The second-order valence-electron chi connectivity index (χ2n) is 7.29. The summed E-state index contributed by atoms with van der Waals surface area (Å²) in [5.74, 6) is 0.652. The summed E-state index contributed by atoms with van der Waals surface area (Å²) in [4.78, 5) is 45.0. The van der Waals surface area contributed by atoms with Gasteiger partial charge in [-0.25, -0.2) is 14.2 Å². The highest BCUT2D eigenvalue weighted by Crippen LogP contribution is 2.23. The maximum atomic E-state index is 13.5. The molecule has 2 aromatic carbocycles. The average Bonchev–Trinajstić information content (AvgIpc) is 2.83. The van der Waals surface area contributed by atoms with Crippen LogP contribution in [0.5, 0.6) is 5.75 Å². The fourth-order valence-corrected chi connectivity index (χ4v) is 3.66. The third kappa shape index (κ3) is 5.05. The number of ether oxygens (including phenoxy) is 1. The number of aromatic amines is 1. The molecule has 0 atom stereocenters. The highest BCUT2D eigenvalue weighted by molar-refractivity contribution is 6.33. The summed E-state index contributed by atoms with van der Waals surface area (Å²) in [6.07, 6.45) is 1.47. The van der Waals surface area contributed by atoms with Gasteiger partial charge in [-0.15, -0.1) is 0 Å². The molecule has 0 fully saturated rings. The molecule has 4 rings (SSSR count). The molecule has 0 aliphatic heterocycles. The van der Waals surface area contributed by atoms with Crippen LogP contribution in [-0.4, -0.2) is 26.2 Å². The molecule has 2 heterocycles. The fourth-order valence-electron chi connectivity index (χ4n) is 3.29. The van der Waals surface area contributed by atoms with E-state index in [1.807, 2.05) is 0 Å². The van der Waals surface area contributed by atoms with E-state index in [2.05, 4.69) is 15.3 Å². The average molecular weight is 500 g/mol. The van der Waals surface area contributed by atoms with Crippen molar-refractivity contribution in [2.75, 3.05) is 12.4 Å². The van der Waals surface area contributed by atoms with Crippen LogP contribution in [0.3, 0.4) is 0 Å². The van der Waals surface area contributed by atoms with Crippen LogP contribution in [0.2, 0.25) is 10.0 Å². The van der Waals surface area contributed by atoms with Crippen molar-refractivity contribution < 1.29 is 4.74 Å². The van der Waals surface area contributed by atoms with Crippen LogP contribution < -0.4 is 27.0 Å². The van der Waals surface area contributed by atoms with Crippen molar-refractivity contribution in [3.63, 3.8) is 0 Å². The first-order chi connectivity index (χ1) is 16.4. The summed E-state index contributed by atoms with van der Waals surface area (Å²) >= 11 is 12.4. The van der Waals surface area contributed by atoms with Gasteiger partial charge in [0.05, 0.1) is 20.2 Å². The van der Waals surface area contributed by atoms with E-state index in [1.165, 1.54) is 16.8 Å². The molecule has 0 spiro atoms. The fraction of sp³-hybridized carbons (Fsp3) is 0.130. The molecule has 4 aromatic rings. The van der Waals surface area contributed by atoms with E-state index in [1.54, 1.807) is 55.6 Å². The number of pyridine rings is 1. The van der Waals surface area contributed by atoms with Gasteiger partial charge < -0.3 is 15.0 Å². The van der Waals surface area contributed by atoms with Gasteiger partial charge >= 0.3 is 11.4 Å². The van der Waals surface area contributed by atoms with E-state index < -0.39 is 16.9 Å². The first kappa shape index (κ1) is 23.3. The molecule has 0 aliphatic carbocycles. The van der Waals surface area contributed by atoms with Crippen LogP contribution in [0.15, 0.2) is 75.2 Å². The first-order valence-corrected chi connectivity index (χ1v) is 10.8. The maximum Gasteiger partial charge on any atom is 0.355 e. The van der Waals surface area contributed by atoms with Crippen LogP contribution in [0.1, 0.15) is 11.1 Å². The Kier molecular flexibility index (Phi) is 6.85. The van der Waals surface area contributed by atoms with Gasteiger partial charge in [0.25, 0.3) is 5.56 Å². The minimum Gasteiger partial charge on any atom is -0.497 e. The van der Waals surface area contributed by atoms with E-state index in [-0.39, 0.29) is 24.6 Å². The van der Waals surface area contributed by atoms with Crippen molar-refractivity contribution in [3.05, 3.63) is 113 Å². The van der Waals surface area contributed by atoms with Crippen molar-refractivity contribution in [2.45, 2.75) is 13.1 Å². The zero-order chi connectivity index (χ0) is 24.2. The van der Waals surface area contributed by atoms with E-state index in [9.17, 15) is 14.4 Å². The number of hydrogen-bond donors (Lipinski definition) is 2. The molecule has 174 valence electrons. The van der Waals surface area contributed by atoms with Crippen molar-refractivity contribution in [1.82, 2.24) is 19.1 Å². The van der Waals surface area contributed by atoms with Crippen LogP contribution >= 0.6 is 23.2 Å². The van der Waals surface area contributed by atoms with Gasteiger partial charge in [-0.2, -0.15) is 4.98 Å². The molecule has 34 heavy (non-hydrogen) atoms. The lowest BCUT2D eigenvalue weighted by atomic mass is 10.2.